The molecule has 0 saturated carbocycles. The van der Waals surface area contributed by atoms with Gasteiger partial charge in [0.25, 0.3) is 0 Å². The van der Waals surface area contributed by atoms with Crippen molar-refractivity contribution in [3.63, 3.8) is 0 Å². The Morgan fingerprint density at radius 1 is 0.333 bits per heavy atom. The predicted octanol–water partition coefficient (Wildman–Crippen LogP) is 14.6. The second-order valence-corrected chi connectivity index (χ2v) is 20.1. The maximum absolute atomic E-state index is 11.1. The summed E-state index contributed by atoms with van der Waals surface area (Å²) >= 11 is 0. The molecule has 458 valence electrons. The maximum atomic E-state index is 11.1. The van der Waals surface area contributed by atoms with E-state index < -0.39 is 0 Å². The van der Waals surface area contributed by atoms with E-state index >= 15 is 0 Å². The third-order valence-electron chi connectivity index (χ3n) is 13.6. The summed E-state index contributed by atoms with van der Waals surface area (Å²) in [6.45, 7) is 8.53. The second kappa shape index (κ2) is 36.7. The predicted molar refractivity (Wildman–Crippen MR) is 339 cm³/mol. The first kappa shape index (κ1) is 68.7. The van der Waals surface area contributed by atoms with Crippen molar-refractivity contribution in [2.24, 2.45) is 0 Å². The van der Waals surface area contributed by atoms with Gasteiger partial charge in [-0.25, -0.2) is 0 Å². The first-order valence-corrected chi connectivity index (χ1v) is 28.5. The molecule has 0 radical (unpaired) electrons. The zero-order valence-corrected chi connectivity index (χ0v) is 52.0. The fourth-order valence-electron chi connectivity index (χ4n) is 9.33. The molecule has 0 aliphatic heterocycles. The van der Waals surface area contributed by atoms with Crippen LogP contribution in [-0.4, -0.2) is 92.7 Å². The molecule has 8 rings (SSSR count). The minimum Gasteiger partial charge on any atom is -0.497 e. The molecule has 4 atom stereocenters. The number of carbonyl (C=O) groups excluding carboxylic acids is 4. The van der Waals surface area contributed by atoms with Gasteiger partial charge in [0.05, 0.1) is 28.4 Å². The van der Waals surface area contributed by atoms with Gasteiger partial charge in [-0.05, 0) is 128 Å². The van der Waals surface area contributed by atoms with Crippen LogP contribution in [0.4, 0.5) is 0 Å². The molecule has 87 heavy (non-hydrogen) atoms. The molecule has 0 aromatic heterocycles. The van der Waals surface area contributed by atoms with Gasteiger partial charge in [-0.15, -0.1) is 0 Å². The van der Waals surface area contributed by atoms with Gasteiger partial charge in [-0.3, -0.25) is 19.2 Å². The summed E-state index contributed by atoms with van der Waals surface area (Å²) in [5.41, 5.74) is 9.58. The molecule has 0 heterocycles. The summed E-state index contributed by atoms with van der Waals surface area (Å²) in [4.78, 5) is 43.9. The number of carbonyl (C=O) groups is 4. The Balaban J connectivity index is 0.000000213. The summed E-state index contributed by atoms with van der Waals surface area (Å²) in [7, 11) is 11.6. The minimum absolute atomic E-state index is 0.00753. The second-order valence-electron chi connectivity index (χ2n) is 20.1. The highest BCUT2D eigenvalue weighted by Gasteiger charge is 2.21. The Morgan fingerprint density at radius 2 is 0.655 bits per heavy atom. The fourth-order valence-corrected chi connectivity index (χ4v) is 9.33. The van der Waals surface area contributed by atoms with Crippen LogP contribution in [0.1, 0.15) is 115 Å². The Morgan fingerprint density at radius 3 is 0.989 bits per heavy atom. The molecule has 0 saturated heterocycles. The van der Waals surface area contributed by atoms with Gasteiger partial charge in [0, 0.05) is 56.9 Å². The van der Waals surface area contributed by atoms with Crippen LogP contribution in [0.5, 0.6) is 40.2 Å². The zero-order valence-electron chi connectivity index (χ0n) is 52.0. The third kappa shape index (κ3) is 22.1. The largest absolute Gasteiger partial charge is 0.497 e. The third-order valence-corrected chi connectivity index (χ3v) is 13.6. The lowest BCUT2D eigenvalue weighted by molar-refractivity contribution is -0.119. The highest BCUT2D eigenvalue weighted by molar-refractivity contribution is 5.78. The number of hydrogen-bond donors (Lipinski definition) is 0. The topological polar surface area (TPSA) is 161 Å². The Bertz CT molecular complexity index is 3210. The molecular weight excluding hydrogens is 1100 g/mol. The van der Waals surface area contributed by atoms with E-state index in [0.29, 0.717) is 29.4 Å². The highest BCUT2D eigenvalue weighted by Crippen LogP contribution is 2.38. The lowest BCUT2D eigenvalue weighted by Gasteiger charge is -2.20. The molecule has 8 aromatic carbocycles. The number of Topliss-reactive ketones (excluding diaryl/α,β-unsaturated/α-hetero) is 4. The van der Waals surface area contributed by atoms with Crippen LogP contribution in [-0.2, 0) is 39.8 Å². The van der Waals surface area contributed by atoms with Gasteiger partial charge in [0.15, 0.2) is 17.3 Å². The van der Waals surface area contributed by atoms with Gasteiger partial charge in [0.2, 0.25) is 0 Å². The van der Waals surface area contributed by atoms with Crippen molar-refractivity contribution in [2.75, 3.05) is 69.6 Å². The quantitative estimate of drug-likeness (QED) is 0.0478. The highest BCUT2D eigenvalue weighted by atomic mass is 16.5. The smallest absolute Gasteiger partial charge is 0.167 e. The molecule has 4 unspecified atom stereocenters. The van der Waals surface area contributed by atoms with Crippen LogP contribution in [0.2, 0.25) is 0 Å². The number of rotatable bonds is 27. The van der Waals surface area contributed by atoms with Crippen molar-refractivity contribution in [3.05, 3.63) is 244 Å². The fraction of sp³-hybridized carbons (Fsp3) is 0.288. The van der Waals surface area contributed by atoms with Crippen molar-refractivity contribution in [2.45, 2.75) is 71.7 Å². The van der Waals surface area contributed by atoms with Gasteiger partial charge in [0.1, 0.15) is 84.2 Å². The lowest BCUT2D eigenvalue weighted by Crippen LogP contribution is -2.08. The van der Waals surface area contributed by atoms with E-state index in [0.717, 1.165) is 68.2 Å². The van der Waals surface area contributed by atoms with E-state index in [1.54, 1.807) is 56.7 Å². The van der Waals surface area contributed by atoms with Crippen LogP contribution in [0, 0.1) is 0 Å². The number of methoxy groups -OCH3 is 7. The van der Waals surface area contributed by atoms with Crippen molar-refractivity contribution in [1.82, 2.24) is 0 Å². The number of ether oxygens (including phenoxy) is 10. The van der Waals surface area contributed by atoms with Crippen LogP contribution < -0.4 is 33.2 Å². The van der Waals surface area contributed by atoms with E-state index in [1.807, 2.05) is 182 Å². The van der Waals surface area contributed by atoms with Crippen LogP contribution >= 0.6 is 0 Å². The molecule has 8 aromatic rings. The molecular formula is C73H82O14. The molecule has 14 nitrogen and oxygen atoms in total. The molecule has 0 fully saturated rings. The van der Waals surface area contributed by atoms with Crippen molar-refractivity contribution in [1.29, 1.82) is 0 Å². The molecule has 0 spiro atoms. The Kier molecular flexibility index (Phi) is 29.0. The first-order chi connectivity index (χ1) is 42.1. The molecule has 14 heteroatoms. The summed E-state index contributed by atoms with van der Waals surface area (Å²) in [5, 5.41) is 0. The van der Waals surface area contributed by atoms with E-state index in [4.69, 9.17) is 47.4 Å². The standard InChI is InChI=1S/C20H24O4.C19H22O5.C17H18O3.C17H18O2/c1-5-18(19-11-10-17(22-3)12-20(19)23-4)15-6-8-16(9-7-15)24-13-14(2)21;1-13(20)12-24-15-7-5-14(6-8-15)19(23-4)17-10-9-16(21-2)11-18(17)22-3;1-13(18)12-20-16-10-8-15(9-11-16)17(19-2)14-6-4-3-5-7-14;1-13(18)12-14-8-10-16(11-9-14)17(19-2)15-6-4-3-5-7-15/h6-12,18H,5,13H2,1-4H3;5-11,19H,12H2,1-4H3;3-11,17H,12H2,1-2H3;3-11,17H,12H2,1-2H3. The van der Waals surface area contributed by atoms with Crippen molar-refractivity contribution in [3.8, 4) is 40.2 Å². The number of ketones is 4. The van der Waals surface area contributed by atoms with Crippen LogP contribution in [0.15, 0.2) is 194 Å². The normalized spacial score (nSPS) is 11.8. The summed E-state index contributed by atoms with van der Waals surface area (Å²) < 4.78 is 54.5. The van der Waals surface area contributed by atoms with E-state index in [9.17, 15) is 19.2 Å². The molecule has 0 aliphatic carbocycles. The van der Waals surface area contributed by atoms with Gasteiger partial charge < -0.3 is 47.4 Å². The molecule has 0 aliphatic rings. The SMILES string of the molecule is CCC(c1ccc(OCC(C)=O)cc1)c1ccc(OC)cc1OC.COC(c1ccccc1)c1ccc(CC(C)=O)cc1.COC(c1ccccc1)c1ccc(OCC(C)=O)cc1.COc1ccc(C(OC)c2ccc(OCC(C)=O)cc2)c(OC)c1. The minimum atomic E-state index is -0.285. The van der Waals surface area contributed by atoms with Gasteiger partial charge >= 0.3 is 0 Å². The monoisotopic (exact) mass is 1180 g/mol. The molecule has 0 amide bonds. The summed E-state index contributed by atoms with van der Waals surface area (Å²) in [6, 6.07) is 62.7. The molecule has 0 N–H and O–H groups in total. The lowest BCUT2D eigenvalue weighted by atomic mass is 9.88. The van der Waals surface area contributed by atoms with Crippen LogP contribution in [0.3, 0.4) is 0 Å². The maximum Gasteiger partial charge on any atom is 0.167 e. The van der Waals surface area contributed by atoms with Crippen LogP contribution in [0.25, 0.3) is 0 Å². The van der Waals surface area contributed by atoms with Crippen molar-refractivity contribution < 1.29 is 66.5 Å². The average molecular weight is 1180 g/mol. The van der Waals surface area contributed by atoms with Gasteiger partial charge in [-0.1, -0.05) is 134 Å². The van der Waals surface area contributed by atoms with Gasteiger partial charge in [-0.2, -0.15) is 0 Å². The summed E-state index contributed by atoms with van der Waals surface area (Å²) in [5.74, 6) is 5.43. The van der Waals surface area contributed by atoms with E-state index in [1.165, 1.54) is 26.3 Å². The Hall–Kier alpha value is -9.08. The Labute approximate surface area is 513 Å². The zero-order chi connectivity index (χ0) is 63.1. The molecule has 0 bridgehead atoms. The van der Waals surface area contributed by atoms with Crippen molar-refractivity contribution >= 4 is 23.1 Å². The number of benzene rings is 8. The van der Waals surface area contributed by atoms with E-state index in [2.05, 4.69) is 19.1 Å². The number of hydrogen-bond acceptors (Lipinski definition) is 14. The summed E-state index contributed by atoms with van der Waals surface area (Å²) in [6.07, 6.45) is 0.984. The average Bonchev–Trinajstić information content (AvgIpc) is 3.74. The first-order valence-electron chi connectivity index (χ1n) is 28.5. The van der Waals surface area contributed by atoms with E-state index in [-0.39, 0.29) is 67.2 Å².